The van der Waals surface area contributed by atoms with Crippen LogP contribution in [0.4, 0.5) is 14.5 Å². The van der Waals surface area contributed by atoms with E-state index in [0.717, 1.165) is 12.1 Å². The van der Waals surface area contributed by atoms with Gasteiger partial charge < -0.3 is 5.11 Å². The van der Waals surface area contributed by atoms with Crippen molar-refractivity contribution >= 4 is 11.9 Å². The summed E-state index contributed by atoms with van der Waals surface area (Å²) in [5.74, 6) is -2.13. The lowest BCUT2D eigenvalue weighted by atomic mass is 9.82. The number of rotatable bonds is 0. The third kappa shape index (κ3) is 1.45. The molecule has 0 spiro atoms. The van der Waals surface area contributed by atoms with E-state index < -0.39 is 17.2 Å². The Balaban J connectivity index is 2.67. The number of hydrogen-bond acceptors (Lipinski definition) is 2. The topological polar surface area (TPSA) is 32.6 Å². The van der Waals surface area contributed by atoms with Crippen molar-refractivity contribution in [1.29, 1.82) is 0 Å². The molecule has 0 aromatic heterocycles. The first-order chi connectivity index (χ1) is 6.93. The molecule has 80 valence electrons. The molecule has 0 radical (unpaired) electrons. The summed E-state index contributed by atoms with van der Waals surface area (Å²) in [4.78, 5) is 3.98. The maximum atomic E-state index is 13.0. The van der Waals surface area contributed by atoms with Crippen molar-refractivity contribution in [3.63, 3.8) is 0 Å². The summed E-state index contributed by atoms with van der Waals surface area (Å²) in [7, 11) is 0. The number of benzene rings is 1. The molecule has 1 heterocycles. The molecule has 2 nitrogen and oxygen atoms in total. The molecule has 0 fully saturated rings. The Morgan fingerprint density at radius 1 is 1.33 bits per heavy atom. The molecule has 0 saturated heterocycles. The second-order valence-corrected chi connectivity index (χ2v) is 4.00. The molecule has 2 unspecified atom stereocenters. The molecule has 0 amide bonds. The zero-order chi connectivity index (χ0) is 11.2. The summed E-state index contributed by atoms with van der Waals surface area (Å²) in [5.41, 5.74) is -0.584. The van der Waals surface area contributed by atoms with E-state index in [9.17, 15) is 13.9 Å². The molecule has 0 bridgehead atoms. The Morgan fingerprint density at radius 3 is 2.60 bits per heavy atom. The van der Waals surface area contributed by atoms with Crippen molar-refractivity contribution in [3.05, 3.63) is 29.3 Å². The Kier molecular flexibility index (Phi) is 2.12. The van der Waals surface area contributed by atoms with Gasteiger partial charge in [-0.3, -0.25) is 4.99 Å². The van der Waals surface area contributed by atoms with Crippen LogP contribution < -0.4 is 0 Å². The molecule has 2 atom stereocenters. The second kappa shape index (κ2) is 3.10. The van der Waals surface area contributed by atoms with Gasteiger partial charge in [0.25, 0.3) is 0 Å². The Bertz CT molecular complexity index is 440. The minimum Gasteiger partial charge on any atom is -0.385 e. The van der Waals surface area contributed by atoms with Crippen LogP contribution in [-0.2, 0) is 5.60 Å². The van der Waals surface area contributed by atoms with Gasteiger partial charge in [-0.15, -0.1) is 0 Å². The van der Waals surface area contributed by atoms with Crippen LogP contribution in [-0.4, -0.2) is 11.3 Å². The first kappa shape index (κ1) is 10.2. The number of nitrogens with zero attached hydrogens (tertiary/aromatic N) is 1. The second-order valence-electron chi connectivity index (χ2n) is 4.00. The van der Waals surface area contributed by atoms with E-state index in [2.05, 4.69) is 4.99 Å². The predicted octanol–water partition coefficient (Wildman–Crippen LogP) is 2.52. The smallest absolute Gasteiger partial charge is 0.160 e. The summed E-state index contributed by atoms with van der Waals surface area (Å²) in [6.07, 6.45) is 1.54. The minimum absolute atomic E-state index is 0.227. The van der Waals surface area contributed by atoms with Crippen molar-refractivity contribution in [2.45, 2.75) is 19.4 Å². The highest BCUT2D eigenvalue weighted by Crippen LogP contribution is 2.39. The molecular formula is C11H11F2NO. The van der Waals surface area contributed by atoms with Crippen molar-refractivity contribution in [2.75, 3.05) is 0 Å². The number of halogens is 2. The fourth-order valence-electron chi connectivity index (χ4n) is 1.63. The summed E-state index contributed by atoms with van der Waals surface area (Å²) < 4.78 is 26.0. The molecule has 1 aliphatic heterocycles. The van der Waals surface area contributed by atoms with E-state index in [1.165, 1.54) is 0 Å². The van der Waals surface area contributed by atoms with Crippen molar-refractivity contribution in [1.82, 2.24) is 0 Å². The van der Waals surface area contributed by atoms with Gasteiger partial charge in [-0.25, -0.2) is 8.78 Å². The maximum Gasteiger partial charge on any atom is 0.160 e. The number of fused-ring (bicyclic) bond motifs is 1. The average Bonchev–Trinajstić information content (AvgIpc) is 2.16. The quantitative estimate of drug-likeness (QED) is 0.702. The molecule has 1 N–H and O–H groups in total. The van der Waals surface area contributed by atoms with Crippen molar-refractivity contribution < 1.29 is 13.9 Å². The van der Waals surface area contributed by atoms with Gasteiger partial charge in [0.1, 0.15) is 0 Å². The van der Waals surface area contributed by atoms with Gasteiger partial charge in [-0.1, -0.05) is 6.92 Å². The molecule has 1 aromatic rings. The molecule has 0 aliphatic carbocycles. The Morgan fingerprint density at radius 2 is 1.93 bits per heavy atom. The van der Waals surface area contributed by atoms with Gasteiger partial charge in [0.15, 0.2) is 11.6 Å². The lowest BCUT2D eigenvalue weighted by Gasteiger charge is -2.32. The highest BCUT2D eigenvalue weighted by Gasteiger charge is 2.35. The fourth-order valence-corrected chi connectivity index (χ4v) is 1.63. The minimum atomic E-state index is -1.20. The summed E-state index contributed by atoms with van der Waals surface area (Å²) >= 11 is 0. The van der Waals surface area contributed by atoms with Crippen LogP contribution in [0.1, 0.15) is 19.4 Å². The zero-order valence-electron chi connectivity index (χ0n) is 8.46. The number of hydrogen-bond donors (Lipinski definition) is 1. The van der Waals surface area contributed by atoms with E-state index in [4.69, 9.17) is 0 Å². The maximum absolute atomic E-state index is 13.0. The Hall–Kier alpha value is -1.29. The van der Waals surface area contributed by atoms with Crippen LogP contribution >= 0.6 is 0 Å². The Labute approximate surface area is 86.3 Å². The SMILES string of the molecule is CC1C=Nc2cc(F)c(F)cc2C1(C)O. The van der Waals surface area contributed by atoms with E-state index in [-0.39, 0.29) is 11.6 Å². The lowest BCUT2D eigenvalue weighted by molar-refractivity contribution is 0.0279. The third-order valence-electron chi connectivity index (χ3n) is 2.91. The van der Waals surface area contributed by atoms with E-state index in [1.807, 2.05) is 0 Å². The van der Waals surface area contributed by atoms with Crippen LogP contribution in [0.5, 0.6) is 0 Å². The standard InChI is InChI=1S/C11H11F2NO/c1-6-5-14-10-4-9(13)8(12)3-7(10)11(6,2)15/h3-6,15H,1-2H3. The zero-order valence-corrected chi connectivity index (χ0v) is 8.46. The monoisotopic (exact) mass is 211 g/mol. The fraction of sp³-hybridized carbons (Fsp3) is 0.364. The normalized spacial score (nSPS) is 29.0. The molecule has 0 saturated carbocycles. The molecule has 4 heteroatoms. The predicted molar refractivity (Wildman–Crippen MR) is 53.2 cm³/mol. The molecular weight excluding hydrogens is 200 g/mol. The van der Waals surface area contributed by atoms with Gasteiger partial charge in [-0.2, -0.15) is 0 Å². The van der Waals surface area contributed by atoms with Gasteiger partial charge >= 0.3 is 0 Å². The summed E-state index contributed by atoms with van der Waals surface area (Å²) in [5, 5.41) is 10.1. The van der Waals surface area contributed by atoms with Gasteiger partial charge in [0.05, 0.1) is 11.3 Å². The number of aliphatic imine (C=N–C) groups is 1. The molecule has 15 heavy (non-hydrogen) atoms. The molecule has 1 aromatic carbocycles. The van der Waals surface area contributed by atoms with Gasteiger partial charge in [-0.05, 0) is 13.0 Å². The van der Waals surface area contributed by atoms with E-state index in [0.29, 0.717) is 5.56 Å². The van der Waals surface area contributed by atoms with E-state index >= 15 is 0 Å². The third-order valence-corrected chi connectivity index (χ3v) is 2.91. The first-order valence-corrected chi connectivity index (χ1v) is 4.69. The van der Waals surface area contributed by atoms with Crippen molar-refractivity contribution in [3.8, 4) is 0 Å². The van der Waals surface area contributed by atoms with Crippen LogP contribution in [0, 0.1) is 17.6 Å². The molecule has 1 aliphatic rings. The first-order valence-electron chi connectivity index (χ1n) is 4.69. The van der Waals surface area contributed by atoms with Crippen molar-refractivity contribution in [2.24, 2.45) is 10.9 Å². The average molecular weight is 211 g/mol. The lowest BCUT2D eigenvalue weighted by Crippen LogP contribution is -2.33. The highest BCUT2D eigenvalue weighted by atomic mass is 19.2. The van der Waals surface area contributed by atoms with Gasteiger partial charge in [0, 0.05) is 23.8 Å². The van der Waals surface area contributed by atoms with Crippen LogP contribution in [0.2, 0.25) is 0 Å². The van der Waals surface area contributed by atoms with Crippen LogP contribution in [0.3, 0.4) is 0 Å². The largest absolute Gasteiger partial charge is 0.385 e. The number of aliphatic hydroxyl groups is 1. The van der Waals surface area contributed by atoms with Crippen LogP contribution in [0.15, 0.2) is 17.1 Å². The summed E-state index contributed by atoms with van der Waals surface area (Å²) in [6, 6.07) is 2.01. The molecule has 2 rings (SSSR count). The highest BCUT2D eigenvalue weighted by molar-refractivity contribution is 5.73. The van der Waals surface area contributed by atoms with Gasteiger partial charge in [0.2, 0.25) is 0 Å². The summed E-state index contributed by atoms with van der Waals surface area (Å²) in [6.45, 7) is 3.34. The van der Waals surface area contributed by atoms with E-state index in [1.54, 1.807) is 20.1 Å². The van der Waals surface area contributed by atoms with Crippen LogP contribution in [0.25, 0.3) is 0 Å².